The molecule has 1 heterocycles. The second kappa shape index (κ2) is 8.35. The molecule has 3 rings (SSSR count). The molecule has 1 saturated carbocycles. The van der Waals surface area contributed by atoms with Crippen LogP contribution in [0.25, 0.3) is 0 Å². The van der Waals surface area contributed by atoms with Crippen LogP contribution in [0.2, 0.25) is 0 Å². The van der Waals surface area contributed by atoms with Crippen molar-refractivity contribution >= 4 is 23.8 Å². The number of rotatable bonds is 7. The molecule has 7 nitrogen and oxygen atoms in total. The van der Waals surface area contributed by atoms with Gasteiger partial charge in [0.1, 0.15) is 0 Å². The second-order valence-electron chi connectivity index (χ2n) is 7.76. The van der Waals surface area contributed by atoms with E-state index >= 15 is 0 Å². The molecule has 0 saturated heterocycles. The van der Waals surface area contributed by atoms with Gasteiger partial charge in [0.05, 0.1) is 24.3 Å². The van der Waals surface area contributed by atoms with Gasteiger partial charge in [-0.2, -0.15) is 0 Å². The maximum Gasteiger partial charge on any atom is 0.323 e. The lowest BCUT2D eigenvalue weighted by Crippen LogP contribution is -2.40. The number of hydrogen-bond donors (Lipinski definition) is 0. The average molecular weight is 401 g/mol. The molecule has 1 aliphatic carbocycles. The number of carbonyl (C=O) groups is 4. The Balaban J connectivity index is 1.72. The molecule has 1 aliphatic heterocycles. The van der Waals surface area contributed by atoms with E-state index in [4.69, 9.17) is 9.47 Å². The summed E-state index contributed by atoms with van der Waals surface area (Å²) in [6.07, 6.45) is 1.17. The van der Waals surface area contributed by atoms with E-state index in [-0.39, 0.29) is 43.4 Å². The van der Waals surface area contributed by atoms with Gasteiger partial charge in [0, 0.05) is 6.54 Å². The Morgan fingerprint density at radius 2 is 1.52 bits per heavy atom. The van der Waals surface area contributed by atoms with E-state index < -0.39 is 17.4 Å². The van der Waals surface area contributed by atoms with Gasteiger partial charge >= 0.3 is 11.9 Å². The number of benzene rings is 1. The van der Waals surface area contributed by atoms with Gasteiger partial charge < -0.3 is 9.47 Å². The van der Waals surface area contributed by atoms with E-state index in [0.29, 0.717) is 30.4 Å². The second-order valence-corrected chi connectivity index (χ2v) is 7.76. The number of hydrogen-bond acceptors (Lipinski definition) is 6. The normalized spacial score (nSPS) is 22.5. The minimum atomic E-state index is -1.31. The minimum Gasteiger partial charge on any atom is -0.465 e. The van der Waals surface area contributed by atoms with Gasteiger partial charge in [-0.1, -0.05) is 19.1 Å². The summed E-state index contributed by atoms with van der Waals surface area (Å²) >= 11 is 0. The Morgan fingerprint density at radius 3 is 2.00 bits per heavy atom. The van der Waals surface area contributed by atoms with Crippen LogP contribution in [0, 0.1) is 17.3 Å². The lowest BCUT2D eigenvalue weighted by molar-refractivity contribution is -0.172. The summed E-state index contributed by atoms with van der Waals surface area (Å²) in [4.78, 5) is 51.7. The number of carbonyl (C=O) groups excluding carboxylic acids is 4. The summed E-state index contributed by atoms with van der Waals surface area (Å²) in [6.45, 7) is 6.02. The highest BCUT2D eigenvalue weighted by Crippen LogP contribution is 2.49. The lowest BCUT2D eigenvalue weighted by Gasteiger charge is -2.25. The highest BCUT2D eigenvalue weighted by atomic mass is 16.6. The van der Waals surface area contributed by atoms with Gasteiger partial charge in [0.25, 0.3) is 11.8 Å². The van der Waals surface area contributed by atoms with Gasteiger partial charge in [0.2, 0.25) is 0 Å². The fourth-order valence-electron chi connectivity index (χ4n) is 4.53. The van der Waals surface area contributed by atoms with Crippen LogP contribution in [0.3, 0.4) is 0 Å². The number of esters is 2. The molecular formula is C22H27NO6. The van der Waals surface area contributed by atoms with Crippen LogP contribution in [0.4, 0.5) is 0 Å². The van der Waals surface area contributed by atoms with E-state index in [1.54, 1.807) is 38.1 Å². The van der Waals surface area contributed by atoms with Crippen LogP contribution < -0.4 is 0 Å². The smallest absolute Gasteiger partial charge is 0.323 e. The first-order chi connectivity index (χ1) is 13.9. The molecule has 1 aromatic carbocycles. The largest absolute Gasteiger partial charge is 0.465 e. The van der Waals surface area contributed by atoms with Crippen LogP contribution in [-0.2, 0) is 19.1 Å². The number of fused-ring (bicyclic) bond motifs is 1. The van der Waals surface area contributed by atoms with Gasteiger partial charge in [-0.25, -0.2) is 0 Å². The van der Waals surface area contributed by atoms with Crippen molar-refractivity contribution in [3.8, 4) is 0 Å². The summed E-state index contributed by atoms with van der Waals surface area (Å²) in [5, 5.41) is 0. The highest BCUT2D eigenvalue weighted by Gasteiger charge is 2.56. The molecule has 0 aromatic heterocycles. The number of imide groups is 1. The van der Waals surface area contributed by atoms with Crippen molar-refractivity contribution in [3.63, 3.8) is 0 Å². The molecule has 2 aliphatic rings. The van der Waals surface area contributed by atoms with E-state index in [1.807, 2.05) is 6.92 Å². The Morgan fingerprint density at radius 1 is 1.00 bits per heavy atom. The Hall–Kier alpha value is -2.70. The third-order valence-corrected chi connectivity index (χ3v) is 6.02. The predicted molar refractivity (Wildman–Crippen MR) is 104 cm³/mol. The fraction of sp³-hybridized carbons (Fsp3) is 0.545. The van der Waals surface area contributed by atoms with Crippen LogP contribution in [0.5, 0.6) is 0 Å². The Bertz CT molecular complexity index is 779. The molecular weight excluding hydrogens is 374 g/mol. The Labute approximate surface area is 170 Å². The molecule has 2 atom stereocenters. The molecule has 29 heavy (non-hydrogen) atoms. The van der Waals surface area contributed by atoms with Crippen molar-refractivity contribution in [3.05, 3.63) is 35.4 Å². The first-order valence-corrected chi connectivity index (χ1v) is 10.1. The number of nitrogens with zero attached hydrogens (tertiary/aromatic N) is 1. The molecule has 1 fully saturated rings. The SMILES string of the molecule is CCOC(=O)C1(C(=O)OCC)C[C@H](CCN2C(=O)c3ccccc3C2=O)[C@H](C)C1. The lowest BCUT2D eigenvalue weighted by atomic mass is 9.84. The van der Waals surface area contributed by atoms with E-state index in [2.05, 4.69) is 0 Å². The van der Waals surface area contributed by atoms with Gasteiger partial charge in [-0.15, -0.1) is 0 Å². The van der Waals surface area contributed by atoms with E-state index in [0.717, 1.165) is 0 Å². The fourth-order valence-corrected chi connectivity index (χ4v) is 4.53. The minimum absolute atomic E-state index is 0.00637. The van der Waals surface area contributed by atoms with Crippen molar-refractivity contribution in [2.75, 3.05) is 19.8 Å². The summed E-state index contributed by atoms with van der Waals surface area (Å²) in [7, 11) is 0. The molecule has 0 radical (unpaired) electrons. The first-order valence-electron chi connectivity index (χ1n) is 10.1. The molecule has 0 spiro atoms. The molecule has 0 bridgehead atoms. The van der Waals surface area contributed by atoms with Crippen LogP contribution in [0.15, 0.2) is 24.3 Å². The number of ether oxygens (including phenoxy) is 2. The standard InChI is InChI=1S/C22H27NO6/c1-4-28-20(26)22(21(27)29-5-2)12-14(3)15(13-22)10-11-23-18(24)16-8-6-7-9-17(16)19(23)25/h6-9,14-15H,4-5,10-13H2,1-3H3/t14-,15+/m1/s1. The van der Waals surface area contributed by atoms with E-state index in [1.165, 1.54) is 4.90 Å². The zero-order valence-electron chi connectivity index (χ0n) is 17.1. The monoisotopic (exact) mass is 401 g/mol. The quantitative estimate of drug-likeness (QED) is 0.396. The van der Waals surface area contributed by atoms with Crippen molar-refractivity contribution in [2.45, 2.75) is 40.0 Å². The van der Waals surface area contributed by atoms with Crippen molar-refractivity contribution in [2.24, 2.45) is 17.3 Å². The van der Waals surface area contributed by atoms with Gasteiger partial charge in [0.15, 0.2) is 5.41 Å². The molecule has 0 unspecified atom stereocenters. The predicted octanol–water partition coefficient (Wildman–Crippen LogP) is 2.83. The third kappa shape index (κ3) is 3.66. The zero-order chi connectivity index (χ0) is 21.2. The summed E-state index contributed by atoms with van der Waals surface area (Å²) in [5.41, 5.74) is -0.466. The summed E-state index contributed by atoms with van der Waals surface area (Å²) in [6, 6.07) is 6.78. The van der Waals surface area contributed by atoms with Crippen molar-refractivity contribution in [1.82, 2.24) is 4.90 Å². The number of amides is 2. The molecule has 1 aromatic rings. The topological polar surface area (TPSA) is 90.0 Å². The summed E-state index contributed by atoms with van der Waals surface area (Å²) < 4.78 is 10.4. The van der Waals surface area contributed by atoms with Crippen LogP contribution in [-0.4, -0.2) is 48.4 Å². The third-order valence-electron chi connectivity index (χ3n) is 6.02. The van der Waals surface area contributed by atoms with Gasteiger partial charge in [-0.3, -0.25) is 24.1 Å². The molecule has 156 valence electrons. The average Bonchev–Trinajstić information content (AvgIpc) is 3.17. The van der Waals surface area contributed by atoms with Crippen molar-refractivity contribution in [1.29, 1.82) is 0 Å². The molecule has 2 amide bonds. The van der Waals surface area contributed by atoms with Crippen LogP contribution >= 0.6 is 0 Å². The summed E-state index contributed by atoms with van der Waals surface area (Å²) in [5.74, 6) is -1.63. The zero-order valence-corrected chi connectivity index (χ0v) is 17.1. The van der Waals surface area contributed by atoms with Crippen LogP contribution in [0.1, 0.15) is 60.7 Å². The Kier molecular flexibility index (Phi) is 6.05. The van der Waals surface area contributed by atoms with Gasteiger partial charge in [-0.05, 0) is 57.1 Å². The molecule has 0 N–H and O–H groups in total. The highest BCUT2D eigenvalue weighted by molar-refractivity contribution is 6.21. The maximum absolute atomic E-state index is 12.6. The first kappa shape index (κ1) is 21.0. The molecule has 7 heteroatoms. The van der Waals surface area contributed by atoms with Crippen molar-refractivity contribution < 1.29 is 28.7 Å². The maximum atomic E-state index is 12.6. The van der Waals surface area contributed by atoms with E-state index in [9.17, 15) is 19.2 Å².